The average molecular weight is 363 g/mol. The van der Waals surface area contributed by atoms with Crippen LogP contribution < -0.4 is 5.32 Å². The van der Waals surface area contributed by atoms with E-state index in [1.165, 1.54) is 5.56 Å². The highest BCUT2D eigenvalue weighted by Gasteiger charge is 2.32. The summed E-state index contributed by atoms with van der Waals surface area (Å²) >= 11 is 0. The van der Waals surface area contributed by atoms with Crippen LogP contribution >= 0.6 is 0 Å². The third kappa shape index (κ3) is 3.32. The Morgan fingerprint density at radius 1 is 1.19 bits per heavy atom. The number of hydrogen-bond acceptors (Lipinski definition) is 5. The van der Waals surface area contributed by atoms with Crippen LogP contribution in [0.15, 0.2) is 47.1 Å². The van der Waals surface area contributed by atoms with Crippen molar-refractivity contribution in [3.8, 4) is 0 Å². The molecule has 1 aromatic carbocycles. The minimum Gasteiger partial charge on any atom is -0.379 e. The number of rotatable bonds is 5. The van der Waals surface area contributed by atoms with Crippen LogP contribution in [0.2, 0.25) is 0 Å². The second-order valence-electron chi connectivity index (χ2n) is 7.46. The van der Waals surface area contributed by atoms with Gasteiger partial charge in [-0.05, 0) is 37.0 Å². The predicted octanol–water partition coefficient (Wildman–Crippen LogP) is 3.09. The number of aromatic nitrogens is 2. The molecule has 2 fully saturated rings. The van der Waals surface area contributed by atoms with Crippen LogP contribution in [-0.2, 0) is 11.2 Å². The van der Waals surface area contributed by atoms with Gasteiger partial charge in [0.1, 0.15) is 0 Å². The summed E-state index contributed by atoms with van der Waals surface area (Å²) in [6.07, 6.45) is 4.94. The molecule has 27 heavy (non-hydrogen) atoms. The van der Waals surface area contributed by atoms with Gasteiger partial charge in [-0.2, -0.15) is 0 Å². The van der Waals surface area contributed by atoms with E-state index in [0.29, 0.717) is 19.1 Å². The molecule has 1 saturated heterocycles. The van der Waals surface area contributed by atoms with E-state index in [9.17, 15) is 4.79 Å². The quantitative estimate of drug-likeness (QED) is 0.754. The van der Waals surface area contributed by atoms with E-state index >= 15 is 0 Å². The summed E-state index contributed by atoms with van der Waals surface area (Å²) in [4.78, 5) is 17.0. The highest BCUT2D eigenvalue weighted by molar-refractivity contribution is 5.91. The molecule has 3 aromatic rings. The van der Waals surface area contributed by atoms with E-state index < -0.39 is 0 Å². The average Bonchev–Trinajstić information content (AvgIpc) is 3.26. The standard InChI is InChI=1S/C21H21N3O3/c25-21(20-10-18(24-27-20)13-5-6-13)23-19-12-26-11-15(19)9-14-7-8-22-17-4-2-1-3-16(14)17/h1-4,7-8,10,13,15,19H,5-6,9,11-12H2,(H,23,25)/t15-,19+/m1/s1. The van der Waals surface area contributed by atoms with Crippen LogP contribution in [0.1, 0.15) is 40.6 Å². The van der Waals surface area contributed by atoms with Crippen molar-refractivity contribution in [1.82, 2.24) is 15.5 Å². The first kappa shape index (κ1) is 16.4. The second kappa shape index (κ2) is 6.78. The Balaban J connectivity index is 1.30. The summed E-state index contributed by atoms with van der Waals surface area (Å²) in [6, 6.07) is 11.9. The summed E-state index contributed by atoms with van der Waals surface area (Å²) in [5.74, 6) is 0.759. The maximum atomic E-state index is 12.6. The first-order valence-electron chi connectivity index (χ1n) is 9.46. The van der Waals surface area contributed by atoms with Gasteiger partial charge in [0, 0.05) is 29.5 Å². The molecule has 0 radical (unpaired) electrons. The van der Waals surface area contributed by atoms with Crippen molar-refractivity contribution in [3.63, 3.8) is 0 Å². The van der Waals surface area contributed by atoms with E-state index in [1.54, 1.807) is 6.07 Å². The van der Waals surface area contributed by atoms with Crippen LogP contribution in [-0.4, -0.2) is 35.3 Å². The summed E-state index contributed by atoms with van der Waals surface area (Å²) in [7, 11) is 0. The Kier molecular flexibility index (Phi) is 4.13. The third-order valence-electron chi connectivity index (χ3n) is 5.48. The molecule has 2 aromatic heterocycles. The number of hydrogen-bond donors (Lipinski definition) is 1. The molecule has 2 aliphatic rings. The molecule has 6 heteroatoms. The predicted molar refractivity (Wildman–Crippen MR) is 99.5 cm³/mol. The minimum atomic E-state index is -0.213. The Bertz CT molecular complexity index is 974. The fourth-order valence-electron chi connectivity index (χ4n) is 3.78. The molecule has 1 amide bonds. The largest absolute Gasteiger partial charge is 0.379 e. The zero-order chi connectivity index (χ0) is 18.2. The number of fused-ring (bicyclic) bond motifs is 1. The number of amides is 1. The maximum absolute atomic E-state index is 12.6. The Morgan fingerprint density at radius 2 is 2.07 bits per heavy atom. The summed E-state index contributed by atoms with van der Waals surface area (Å²) in [6.45, 7) is 1.15. The molecule has 5 rings (SSSR count). The fraction of sp³-hybridized carbons (Fsp3) is 0.381. The Hall–Kier alpha value is -2.73. The van der Waals surface area contributed by atoms with Gasteiger partial charge in [-0.15, -0.1) is 0 Å². The van der Waals surface area contributed by atoms with E-state index in [1.807, 2.05) is 24.4 Å². The molecule has 0 spiro atoms. The third-order valence-corrected chi connectivity index (χ3v) is 5.48. The first-order valence-corrected chi connectivity index (χ1v) is 9.46. The van der Waals surface area contributed by atoms with Gasteiger partial charge in [-0.25, -0.2) is 0 Å². The molecule has 138 valence electrons. The number of benzene rings is 1. The number of pyridine rings is 1. The van der Waals surface area contributed by atoms with Crippen LogP contribution in [0.5, 0.6) is 0 Å². The lowest BCUT2D eigenvalue weighted by Crippen LogP contribution is -2.40. The van der Waals surface area contributed by atoms with Gasteiger partial charge in [0.25, 0.3) is 5.91 Å². The molecule has 6 nitrogen and oxygen atoms in total. The number of ether oxygens (including phenoxy) is 1. The highest BCUT2D eigenvalue weighted by Crippen LogP contribution is 2.39. The van der Waals surface area contributed by atoms with Gasteiger partial charge in [0.05, 0.1) is 30.5 Å². The number of carbonyl (C=O) groups excluding carboxylic acids is 1. The lowest BCUT2D eigenvalue weighted by molar-refractivity contribution is 0.0887. The summed E-state index contributed by atoms with van der Waals surface area (Å²) in [5, 5.41) is 8.25. The van der Waals surface area contributed by atoms with Crippen LogP contribution in [0.4, 0.5) is 0 Å². The number of nitrogens with one attached hydrogen (secondary N) is 1. The summed E-state index contributed by atoms with van der Waals surface area (Å²) in [5.41, 5.74) is 3.11. The first-order chi connectivity index (χ1) is 13.3. The van der Waals surface area contributed by atoms with Crippen molar-refractivity contribution in [2.45, 2.75) is 31.2 Å². The minimum absolute atomic E-state index is 0.0427. The van der Waals surface area contributed by atoms with E-state index in [2.05, 4.69) is 27.6 Å². The molecule has 1 aliphatic heterocycles. The molecule has 3 heterocycles. The zero-order valence-electron chi connectivity index (χ0n) is 14.9. The van der Waals surface area contributed by atoms with Crippen molar-refractivity contribution in [2.75, 3.05) is 13.2 Å². The van der Waals surface area contributed by atoms with Crippen molar-refractivity contribution in [1.29, 1.82) is 0 Å². The van der Waals surface area contributed by atoms with Gasteiger partial charge >= 0.3 is 0 Å². The van der Waals surface area contributed by atoms with Gasteiger partial charge in [0.2, 0.25) is 5.76 Å². The highest BCUT2D eigenvalue weighted by atomic mass is 16.5. The van der Waals surface area contributed by atoms with Gasteiger partial charge < -0.3 is 14.6 Å². The van der Waals surface area contributed by atoms with Crippen molar-refractivity contribution < 1.29 is 14.1 Å². The van der Waals surface area contributed by atoms with Gasteiger partial charge in [-0.3, -0.25) is 9.78 Å². The van der Waals surface area contributed by atoms with Crippen molar-refractivity contribution in [3.05, 3.63) is 59.6 Å². The fourth-order valence-corrected chi connectivity index (χ4v) is 3.78. The van der Waals surface area contributed by atoms with E-state index in [0.717, 1.165) is 35.9 Å². The van der Waals surface area contributed by atoms with Gasteiger partial charge in [-0.1, -0.05) is 23.4 Å². The van der Waals surface area contributed by atoms with E-state index in [-0.39, 0.29) is 23.6 Å². The molecule has 1 aliphatic carbocycles. The van der Waals surface area contributed by atoms with Gasteiger partial charge in [0.15, 0.2) is 0 Å². The van der Waals surface area contributed by atoms with Crippen molar-refractivity contribution >= 4 is 16.8 Å². The van der Waals surface area contributed by atoms with Crippen LogP contribution in [0.3, 0.4) is 0 Å². The molecule has 1 saturated carbocycles. The van der Waals surface area contributed by atoms with Crippen LogP contribution in [0, 0.1) is 5.92 Å². The normalized spacial score (nSPS) is 22.2. The molecule has 2 atom stereocenters. The Morgan fingerprint density at radius 3 is 2.96 bits per heavy atom. The van der Waals surface area contributed by atoms with Crippen LogP contribution in [0.25, 0.3) is 10.9 Å². The lowest BCUT2D eigenvalue weighted by atomic mass is 9.93. The maximum Gasteiger partial charge on any atom is 0.290 e. The van der Waals surface area contributed by atoms with Crippen molar-refractivity contribution in [2.24, 2.45) is 5.92 Å². The number of para-hydroxylation sites is 1. The Labute approximate surface area is 156 Å². The molecule has 0 bridgehead atoms. The number of nitrogens with zero attached hydrogens (tertiary/aromatic N) is 2. The molecule has 0 unspecified atom stereocenters. The lowest BCUT2D eigenvalue weighted by Gasteiger charge is -2.19. The molecule has 1 N–H and O–H groups in total. The molecular weight excluding hydrogens is 342 g/mol. The number of carbonyl (C=O) groups is 1. The smallest absolute Gasteiger partial charge is 0.290 e. The molecular formula is C21H21N3O3. The monoisotopic (exact) mass is 363 g/mol. The second-order valence-corrected chi connectivity index (χ2v) is 7.46. The zero-order valence-corrected chi connectivity index (χ0v) is 14.9. The SMILES string of the molecule is O=C(N[C@H]1COC[C@H]1Cc1ccnc2ccccc12)c1cc(C2CC2)no1. The summed E-state index contributed by atoms with van der Waals surface area (Å²) < 4.78 is 10.9. The topological polar surface area (TPSA) is 77.2 Å². The van der Waals surface area contributed by atoms with E-state index in [4.69, 9.17) is 9.26 Å².